The Morgan fingerprint density at radius 3 is 1.88 bits per heavy atom. The molecule has 4 amide bonds. The maximum atomic E-state index is 13.4. The van der Waals surface area contributed by atoms with Gasteiger partial charge in [-0.15, -0.1) is 0 Å². The van der Waals surface area contributed by atoms with Gasteiger partial charge >= 0.3 is 6.03 Å². The average molecular weight is 467 g/mol. The summed E-state index contributed by atoms with van der Waals surface area (Å²) in [4.78, 5) is 42.4. The summed E-state index contributed by atoms with van der Waals surface area (Å²) in [6.45, 7) is 2.26. The highest BCUT2D eigenvalue weighted by atomic mass is 16.5. The lowest BCUT2D eigenvalue weighted by atomic mass is 9.95. The number of carbonyl (C=O) groups is 3. The minimum atomic E-state index is -0.871. The van der Waals surface area contributed by atoms with E-state index in [1.165, 1.54) is 17.7 Å². The molecule has 1 heterocycles. The number of nitrogens with zero attached hydrogens (tertiary/aromatic N) is 2. The zero-order chi connectivity index (χ0) is 24.5. The standard InChI is InChI=1S/C27H34N2O5/c1-4-5-6-7-8-9-10-24-25(30)28(19-20-11-15-22(33-2)16-12-20)27(32)29(26(24)31)21-13-17-23(34-3)18-14-21/h11-18,24H,4-10,19H2,1-3H3. The molecule has 3 rings (SSSR count). The van der Waals surface area contributed by atoms with Crippen molar-refractivity contribution in [2.24, 2.45) is 5.92 Å². The van der Waals surface area contributed by atoms with E-state index in [1.807, 2.05) is 12.1 Å². The van der Waals surface area contributed by atoms with Crippen LogP contribution in [0.2, 0.25) is 0 Å². The zero-order valence-electron chi connectivity index (χ0n) is 20.3. The van der Waals surface area contributed by atoms with Gasteiger partial charge in [-0.05, 0) is 48.4 Å². The maximum Gasteiger partial charge on any atom is 0.338 e. The van der Waals surface area contributed by atoms with Gasteiger partial charge in [-0.3, -0.25) is 14.5 Å². The number of amides is 4. The summed E-state index contributed by atoms with van der Waals surface area (Å²) >= 11 is 0. The van der Waals surface area contributed by atoms with Crippen molar-refractivity contribution >= 4 is 23.5 Å². The maximum absolute atomic E-state index is 13.4. The van der Waals surface area contributed by atoms with Gasteiger partial charge in [-0.2, -0.15) is 0 Å². The van der Waals surface area contributed by atoms with Crippen molar-refractivity contribution in [3.8, 4) is 11.5 Å². The van der Waals surface area contributed by atoms with Crippen molar-refractivity contribution < 1.29 is 23.9 Å². The molecule has 0 aliphatic carbocycles. The van der Waals surface area contributed by atoms with E-state index in [2.05, 4.69) is 6.92 Å². The molecule has 0 spiro atoms. The molecule has 0 aromatic heterocycles. The molecule has 2 aromatic rings. The predicted molar refractivity (Wildman–Crippen MR) is 131 cm³/mol. The molecule has 1 saturated heterocycles. The monoisotopic (exact) mass is 466 g/mol. The Kier molecular flexibility index (Phi) is 9.08. The first-order valence-electron chi connectivity index (χ1n) is 12.0. The van der Waals surface area contributed by atoms with Crippen molar-refractivity contribution in [1.82, 2.24) is 4.90 Å². The van der Waals surface area contributed by atoms with E-state index in [0.29, 0.717) is 23.6 Å². The number of benzene rings is 2. The molecule has 0 saturated carbocycles. The zero-order valence-corrected chi connectivity index (χ0v) is 20.3. The molecule has 2 aromatic carbocycles. The second-order valence-electron chi connectivity index (χ2n) is 8.54. The third-order valence-electron chi connectivity index (χ3n) is 6.18. The fourth-order valence-electron chi connectivity index (χ4n) is 4.16. The summed E-state index contributed by atoms with van der Waals surface area (Å²) < 4.78 is 10.4. The van der Waals surface area contributed by atoms with Gasteiger partial charge in [0.25, 0.3) is 0 Å². The molecule has 1 unspecified atom stereocenters. The molecule has 1 aliphatic heterocycles. The summed E-state index contributed by atoms with van der Waals surface area (Å²) in [5.74, 6) is -0.445. The summed E-state index contributed by atoms with van der Waals surface area (Å²) in [6, 6.07) is 13.3. The minimum absolute atomic E-state index is 0.0919. The van der Waals surface area contributed by atoms with Crippen LogP contribution in [0.25, 0.3) is 0 Å². The van der Waals surface area contributed by atoms with E-state index in [9.17, 15) is 14.4 Å². The van der Waals surface area contributed by atoms with Crippen molar-refractivity contribution in [3.63, 3.8) is 0 Å². The third-order valence-corrected chi connectivity index (χ3v) is 6.18. The van der Waals surface area contributed by atoms with E-state index < -0.39 is 23.8 Å². The molecule has 7 heteroatoms. The Bertz CT molecular complexity index is 972. The largest absolute Gasteiger partial charge is 0.497 e. The first kappa shape index (κ1) is 25.3. The number of hydrogen-bond donors (Lipinski definition) is 0. The van der Waals surface area contributed by atoms with Gasteiger partial charge in [0, 0.05) is 0 Å². The second-order valence-corrected chi connectivity index (χ2v) is 8.54. The summed E-state index contributed by atoms with van der Waals surface area (Å²) in [7, 11) is 3.13. The number of ether oxygens (including phenoxy) is 2. The minimum Gasteiger partial charge on any atom is -0.497 e. The molecular formula is C27H34N2O5. The Morgan fingerprint density at radius 2 is 1.29 bits per heavy atom. The summed E-state index contributed by atoms with van der Waals surface area (Å²) in [5, 5.41) is 0. The van der Waals surface area contributed by atoms with Gasteiger partial charge in [-0.25, -0.2) is 9.69 Å². The Balaban J connectivity index is 1.83. The number of imide groups is 2. The molecule has 0 radical (unpaired) electrons. The normalized spacial score (nSPS) is 16.2. The number of unbranched alkanes of at least 4 members (excludes halogenated alkanes) is 5. The molecule has 0 N–H and O–H groups in total. The molecule has 0 bridgehead atoms. The van der Waals surface area contributed by atoms with E-state index in [1.54, 1.807) is 50.6 Å². The van der Waals surface area contributed by atoms with Crippen LogP contribution in [0.4, 0.5) is 10.5 Å². The molecule has 34 heavy (non-hydrogen) atoms. The van der Waals surface area contributed by atoms with E-state index in [0.717, 1.165) is 36.1 Å². The fourth-order valence-corrected chi connectivity index (χ4v) is 4.16. The van der Waals surface area contributed by atoms with Crippen LogP contribution in [0.3, 0.4) is 0 Å². The van der Waals surface area contributed by atoms with Gasteiger partial charge in [0.2, 0.25) is 11.8 Å². The number of methoxy groups -OCH3 is 2. The molecule has 182 valence electrons. The smallest absolute Gasteiger partial charge is 0.338 e. The van der Waals surface area contributed by atoms with Crippen molar-refractivity contribution in [3.05, 3.63) is 54.1 Å². The fraction of sp³-hybridized carbons (Fsp3) is 0.444. The lowest BCUT2D eigenvalue weighted by Gasteiger charge is -2.37. The topological polar surface area (TPSA) is 76.2 Å². The molecule has 7 nitrogen and oxygen atoms in total. The SMILES string of the molecule is CCCCCCCCC1C(=O)N(Cc2ccc(OC)cc2)C(=O)N(c2ccc(OC)cc2)C1=O. The van der Waals surface area contributed by atoms with Crippen LogP contribution >= 0.6 is 0 Å². The van der Waals surface area contributed by atoms with Crippen LogP contribution in [0, 0.1) is 5.92 Å². The number of carbonyl (C=O) groups excluding carboxylic acids is 3. The molecule has 1 fully saturated rings. The first-order valence-corrected chi connectivity index (χ1v) is 12.0. The first-order chi connectivity index (χ1) is 16.5. The van der Waals surface area contributed by atoms with Gasteiger partial charge in [0.05, 0.1) is 26.5 Å². The quantitative estimate of drug-likeness (QED) is 0.302. The highest BCUT2D eigenvalue weighted by Gasteiger charge is 2.46. The lowest BCUT2D eigenvalue weighted by molar-refractivity contribution is -0.141. The van der Waals surface area contributed by atoms with Crippen LogP contribution in [0.1, 0.15) is 57.4 Å². The lowest BCUT2D eigenvalue weighted by Crippen LogP contribution is -2.59. The summed E-state index contributed by atoms with van der Waals surface area (Å²) in [6.07, 6.45) is 6.76. The molecule has 1 atom stereocenters. The van der Waals surface area contributed by atoms with Gasteiger partial charge in [0.15, 0.2) is 0 Å². The average Bonchev–Trinajstić information content (AvgIpc) is 2.86. The number of hydrogen-bond acceptors (Lipinski definition) is 5. The Morgan fingerprint density at radius 1 is 0.735 bits per heavy atom. The van der Waals surface area contributed by atoms with E-state index in [4.69, 9.17) is 9.47 Å². The van der Waals surface area contributed by atoms with Crippen LogP contribution in [0.15, 0.2) is 48.5 Å². The van der Waals surface area contributed by atoms with Crippen molar-refractivity contribution in [2.45, 2.75) is 58.4 Å². The predicted octanol–water partition coefficient (Wildman–Crippen LogP) is 5.57. The van der Waals surface area contributed by atoms with Crippen LogP contribution in [0.5, 0.6) is 11.5 Å². The van der Waals surface area contributed by atoms with Crippen LogP contribution < -0.4 is 14.4 Å². The summed E-state index contributed by atoms with van der Waals surface area (Å²) in [5.41, 5.74) is 1.21. The van der Waals surface area contributed by atoms with Gasteiger partial charge in [-0.1, -0.05) is 57.6 Å². The van der Waals surface area contributed by atoms with Gasteiger partial charge < -0.3 is 9.47 Å². The van der Waals surface area contributed by atoms with E-state index >= 15 is 0 Å². The van der Waals surface area contributed by atoms with Crippen molar-refractivity contribution in [1.29, 1.82) is 0 Å². The number of barbiturate groups is 1. The number of urea groups is 1. The van der Waals surface area contributed by atoms with E-state index in [-0.39, 0.29) is 6.54 Å². The third kappa shape index (κ3) is 5.95. The molecular weight excluding hydrogens is 432 g/mol. The van der Waals surface area contributed by atoms with Crippen LogP contribution in [-0.4, -0.2) is 37.0 Å². The van der Waals surface area contributed by atoms with Gasteiger partial charge in [0.1, 0.15) is 17.4 Å². The number of anilines is 1. The van der Waals surface area contributed by atoms with Crippen molar-refractivity contribution in [2.75, 3.05) is 19.1 Å². The Hall–Kier alpha value is -3.35. The molecule has 1 aliphatic rings. The highest BCUT2D eigenvalue weighted by molar-refractivity contribution is 6.27. The Labute approximate surface area is 201 Å². The number of rotatable bonds is 12. The highest BCUT2D eigenvalue weighted by Crippen LogP contribution is 2.30. The second kappa shape index (κ2) is 12.2. The van der Waals surface area contributed by atoms with Crippen LogP contribution in [-0.2, 0) is 16.1 Å².